The number of ether oxygens (including phenoxy) is 1. The predicted octanol–water partition coefficient (Wildman–Crippen LogP) is 2.44. The van der Waals surface area contributed by atoms with Gasteiger partial charge in [-0.15, -0.1) is 11.8 Å². The van der Waals surface area contributed by atoms with E-state index in [1.54, 1.807) is 7.11 Å². The van der Waals surface area contributed by atoms with Crippen molar-refractivity contribution in [1.29, 1.82) is 0 Å². The number of nitrogens with one attached hydrogen (secondary N) is 2. The number of hydrogen-bond acceptors (Lipinski definition) is 4. The van der Waals surface area contributed by atoms with E-state index in [4.69, 9.17) is 4.74 Å². The fourth-order valence-electron chi connectivity index (χ4n) is 2.77. The lowest BCUT2D eigenvalue weighted by atomic mass is 10.1. The number of carbonyl (C=O) groups excluding carboxylic acids is 1. The normalized spacial score (nSPS) is 16.6. The maximum absolute atomic E-state index is 11.9. The average molecular weight is 322 g/mol. The molecule has 5 heteroatoms. The summed E-state index contributed by atoms with van der Waals surface area (Å²) < 4.78 is 5.11. The van der Waals surface area contributed by atoms with Crippen LogP contribution in [0.4, 0.5) is 0 Å². The first-order valence-corrected chi connectivity index (χ1v) is 8.76. The predicted molar refractivity (Wildman–Crippen MR) is 91.3 cm³/mol. The molecule has 0 heterocycles. The molecule has 2 N–H and O–H groups in total. The Morgan fingerprint density at radius 2 is 2.00 bits per heavy atom. The number of methoxy groups -OCH3 is 1. The highest BCUT2D eigenvalue weighted by Gasteiger charge is 2.35. The third-order valence-corrected chi connectivity index (χ3v) is 5.46. The molecule has 1 fully saturated rings. The Hall–Kier alpha value is -1.04. The second-order valence-corrected chi connectivity index (χ2v) is 7.29. The Kier molecular flexibility index (Phi) is 7.22. The van der Waals surface area contributed by atoms with Crippen LogP contribution in [-0.2, 0) is 9.53 Å². The highest BCUT2D eigenvalue weighted by Crippen LogP contribution is 2.44. The van der Waals surface area contributed by atoms with E-state index < -0.39 is 0 Å². The Morgan fingerprint density at radius 1 is 1.27 bits per heavy atom. The minimum absolute atomic E-state index is 0.0658. The molecule has 2 rings (SSSR count). The second kappa shape index (κ2) is 9.18. The van der Waals surface area contributed by atoms with Gasteiger partial charge < -0.3 is 15.4 Å². The Balaban J connectivity index is 1.80. The van der Waals surface area contributed by atoms with E-state index in [1.165, 1.54) is 30.6 Å². The van der Waals surface area contributed by atoms with Gasteiger partial charge in [0.05, 0.1) is 13.2 Å². The van der Waals surface area contributed by atoms with Crippen LogP contribution in [0, 0.1) is 0 Å². The molecule has 0 unspecified atom stereocenters. The molecule has 1 amide bonds. The molecular weight excluding hydrogens is 296 g/mol. The van der Waals surface area contributed by atoms with Crippen LogP contribution in [0.15, 0.2) is 35.2 Å². The van der Waals surface area contributed by atoms with Crippen LogP contribution < -0.4 is 10.6 Å². The molecule has 0 aliphatic heterocycles. The second-order valence-electron chi connectivity index (χ2n) is 5.75. The Labute approximate surface area is 137 Å². The van der Waals surface area contributed by atoms with Gasteiger partial charge in [0, 0.05) is 29.8 Å². The minimum atomic E-state index is 0.0658. The van der Waals surface area contributed by atoms with E-state index in [0.717, 1.165) is 6.54 Å². The maximum atomic E-state index is 11.9. The zero-order chi connectivity index (χ0) is 15.7. The largest absolute Gasteiger partial charge is 0.383 e. The molecule has 0 bridgehead atoms. The monoisotopic (exact) mass is 322 g/mol. The zero-order valence-electron chi connectivity index (χ0n) is 13.3. The molecular formula is C17H26N2O2S. The maximum Gasteiger partial charge on any atom is 0.234 e. The summed E-state index contributed by atoms with van der Waals surface area (Å²) in [5.74, 6) is 0.0658. The molecule has 1 aromatic rings. The highest BCUT2D eigenvalue weighted by atomic mass is 32.2. The molecule has 0 saturated heterocycles. The van der Waals surface area contributed by atoms with Gasteiger partial charge in [0.1, 0.15) is 0 Å². The first-order valence-electron chi connectivity index (χ1n) is 7.94. The van der Waals surface area contributed by atoms with E-state index in [2.05, 4.69) is 34.9 Å². The standard InChI is InChI=1S/C17H26N2O2S/c1-21-12-11-18-13-16(20)19-14-17(9-5-6-10-17)22-15-7-3-2-4-8-15/h2-4,7-8,18H,5-6,9-14H2,1H3,(H,19,20). The summed E-state index contributed by atoms with van der Waals surface area (Å²) in [4.78, 5) is 13.2. The first-order chi connectivity index (χ1) is 10.7. The molecule has 1 aromatic carbocycles. The van der Waals surface area contributed by atoms with Crippen LogP contribution in [0.1, 0.15) is 25.7 Å². The van der Waals surface area contributed by atoms with Gasteiger partial charge in [0.2, 0.25) is 5.91 Å². The fraction of sp³-hybridized carbons (Fsp3) is 0.588. The number of thioether (sulfide) groups is 1. The molecule has 122 valence electrons. The molecule has 0 atom stereocenters. The van der Waals surface area contributed by atoms with Crippen molar-refractivity contribution in [2.45, 2.75) is 35.3 Å². The van der Waals surface area contributed by atoms with Crippen LogP contribution >= 0.6 is 11.8 Å². The van der Waals surface area contributed by atoms with Crippen molar-refractivity contribution < 1.29 is 9.53 Å². The quantitative estimate of drug-likeness (QED) is 0.686. The van der Waals surface area contributed by atoms with Gasteiger partial charge >= 0.3 is 0 Å². The molecule has 1 aliphatic rings. The molecule has 4 nitrogen and oxygen atoms in total. The number of hydrogen-bond donors (Lipinski definition) is 2. The molecule has 22 heavy (non-hydrogen) atoms. The van der Waals surface area contributed by atoms with E-state index in [-0.39, 0.29) is 10.7 Å². The van der Waals surface area contributed by atoms with Crippen molar-refractivity contribution in [3.05, 3.63) is 30.3 Å². The number of rotatable bonds is 9. The Bertz CT molecular complexity index is 447. The lowest BCUT2D eigenvalue weighted by molar-refractivity contribution is -0.120. The lowest BCUT2D eigenvalue weighted by Crippen LogP contribution is -2.42. The number of benzene rings is 1. The van der Waals surface area contributed by atoms with Crippen molar-refractivity contribution in [2.24, 2.45) is 0 Å². The summed E-state index contributed by atoms with van der Waals surface area (Å²) >= 11 is 1.92. The molecule has 0 aromatic heterocycles. The smallest absolute Gasteiger partial charge is 0.234 e. The van der Waals surface area contributed by atoms with Crippen LogP contribution in [0.3, 0.4) is 0 Å². The van der Waals surface area contributed by atoms with Crippen molar-refractivity contribution >= 4 is 17.7 Å². The summed E-state index contributed by atoms with van der Waals surface area (Å²) in [6, 6.07) is 10.5. The topological polar surface area (TPSA) is 50.4 Å². The first kappa shape index (κ1) is 17.3. The van der Waals surface area contributed by atoms with Gasteiger partial charge in [-0.05, 0) is 25.0 Å². The third-order valence-electron chi connectivity index (χ3n) is 3.97. The highest BCUT2D eigenvalue weighted by molar-refractivity contribution is 8.00. The van der Waals surface area contributed by atoms with Gasteiger partial charge in [-0.25, -0.2) is 0 Å². The lowest BCUT2D eigenvalue weighted by Gasteiger charge is -2.28. The third kappa shape index (κ3) is 5.63. The van der Waals surface area contributed by atoms with Crippen molar-refractivity contribution in [2.75, 3.05) is 33.4 Å². The zero-order valence-corrected chi connectivity index (χ0v) is 14.1. The average Bonchev–Trinajstić information content (AvgIpc) is 2.99. The van der Waals surface area contributed by atoms with Crippen LogP contribution in [-0.4, -0.2) is 44.0 Å². The number of amides is 1. The van der Waals surface area contributed by atoms with E-state index in [0.29, 0.717) is 19.7 Å². The number of carbonyl (C=O) groups is 1. The van der Waals surface area contributed by atoms with Gasteiger partial charge in [-0.3, -0.25) is 4.79 Å². The summed E-state index contributed by atoms with van der Waals surface area (Å²) in [6.07, 6.45) is 4.84. The Morgan fingerprint density at radius 3 is 2.68 bits per heavy atom. The van der Waals surface area contributed by atoms with Crippen LogP contribution in [0.25, 0.3) is 0 Å². The van der Waals surface area contributed by atoms with Crippen molar-refractivity contribution in [3.8, 4) is 0 Å². The molecule has 0 spiro atoms. The SMILES string of the molecule is COCCNCC(=O)NCC1(Sc2ccccc2)CCCC1. The summed E-state index contributed by atoms with van der Waals surface area (Å²) in [5, 5.41) is 6.18. The van der Waals surface area contributed by atoms with E-state index in [1.807, 2.05) is 17.8 Å². The summed E-state index contributed by atoms with van der Waals surface area (Å²) in [6.45, 7) is 2.43. The van der Waals surface area contributed by atoms with Gasteiger partial charge in [-0.2, -0.15) is 0 Å². The minimum Gasteiger partial charge on any atom is -0.383 e. The molecule has 0 radical (unpaired) electrons. The molecule has 1 aliphatic carbocycles. The van der Waals surface area contributed by atoms with E-state index >= 15 is 0 Å². The van der Waals surface area contributed by atoms with Gasteiger partial charge in [0.25, 0.3) is 0 Å². The fourth-order valence-corrected chi connectivity index (χ4v) is 4.20. The summed E-state index contributed by atoms with van der Waals surface area (Å²) in [5.41, 5.74) is 0. The van der Waals surface area contributed by atoms with Crippen molar-refractivity contribution in [1.82, 2.24) is 10.6 Å². The van der Waals surface area contributed by atoms with Crippen LogP contribution in [0.2, 0.25) is 0 Å². The van der Waals surface area contributed by atoms with Gasteiger partial charge in [0.15, 0.2) is 0 Å². The molecule has 1 saturated carbocycles. The summed E-state index contributed by atoms with van der Waals surface area (Å²) in [7, 11) is 1.66. The van der Waals surface area contributed by atoms with Crippen LogP contribution in [0.5, 0.6) is 0 Å². The van der Waals surface area contributed by atoms with E-state index in [9.17, 15) is 4.79 Å². The van der Waals surface area contributed by atoms with Gasteiger partial charge in [-0.1, -0.05) is 31.0 Å². The van der Waals surface area contributed by atoms with Crippen molar-refractivity contribution in [3.63, 3.8) is 0 Å².